The molecule has 1 amide bonds. The molecule has 1 saturated heterocycles. The summed E-state index contributed by atoms with van der Waals surface area (Å²) in [6.45, 7) is 4.05. The Morgan fingerprint density at radius 2 is 2.10 bits per heavy atom. The highest BCUT2D eigenvalue weighted by atomic mass is 19.1. The average molecular weight is 281 g/mol. The fraction of sp³-hybridized carbons (Fsp3) is 0.533. The summed E-state index contributed by atoms with van der Waals surface area (Å²) in [6.07, 6.45) is 0.654. The van der Waals surface area contributed by atoms with Crippen molar-refractivity contribution in [2.45, 2.75) is 44.4 Å². The topological polar surface area (TPSA) is 58.6 Å². The molecule has 0 spiro atoms. The number of hydrogen-bond donors (Lipinski definition) is 2. The fourth-order valence-electron chi connectivity index (χ4n) is 2.35. The molecule has 0 aromatic heterocycles. The number of nitrogens with one attached hydrogen (secondary N) is 1. The van der Waals surface area contributed by atoms with Gasteiger partial charge in [0.25, 0.3) is 5.91 Å². The summed E-state index contributed by atoms with van der Waals surface area (Å²) in [7, 11) is 0. The maximum absolute atomic E-state index is 12.8. The summed E-state index contributed by atoms with van der Waals surface area (Å²) in [6, 6.07) is 5.12. The summed E-state index contributed by atoms with van der Waals surface area (Å²) in [5.41, 5.74) is -0.242. The minimum Gasteiger partial charge on any atom is -0.386 e. The lowest BCUT2D eigenvalue weighted by atomic mass is 9.99. The van der Waals surface area contributed by atoms with Crippen LogP contribution in [-0.4, -0.2) is 29.3 Å². The van der Waals surface area contributed by atoms with Crippen molar-refractivity contribution in [3.8, 4) is 0 Å². The SMILES string of the molecule is CC(NC(=O)C1(C)CCCO1)C(O)c1ccc(F)cc1. The van der Waals surface area contributed by atoms with Crippen molar-refractivity contribution < 1.29 is 19.0 Å². The van der Waals surface area contributed by atoms with Gasteiger partial charge in [0.1, 0.15) is 11.4 Å². The third-order valence-electron chi connectivity index (χ3n) is 3.74. The largest absolute Gasteiger partial charge is 0.386 e. The molecule has 20 heavy (non-hydrogen) atoms. The normalized spacial score (nSPS) is 25.2. The molecule has 1 heterocycles. The maximum Gasteiger partial charge on any atom is 0.252 e. The van der Waals surface area contributed by atoms with E-state index in [0.29, 0.717) is 18.6 Å². The van der Waals surface area contributed by atoms with Gasteiger partial charge in [-0.25, -0.2) is 4.39 Å². The summed E-state index contributed by atoms with van der Waals surface area (Å²) in [5, 5.41) is 12.9. The maximum atomic E-state index is 12.8. The van der Waals surface area contributed by atoms with Gasteiger partial charge in [0.15, 0.2) is 0 Å². The third kappa shape index (κ3) is 3.16. The van der Waals surface area contributed by atoms with E-state index in [1.807, 2.05) is 0 Å². The van der Waals surface area contributed by atoms with Crippen molar-refractivity contribution in [3.05, 3.63) is 35.6 Å². The molecule has 1 aliphatic heterocycles. The number of rotatable bonds is 4. The van der Waals surface area contributed by atoms with Crippen LogP contribution in [0.2, 0.25) is 0 Å². The van der Waals surface area contributed by atoms with E-state index in [1.54, 1.807) is 13.8 Å². The minimum absolute atomic E-state index is 0.219. The molecular weight excluding hydrogens is 261 g/mol. The summed E-state index contributed by atoms with van der Waals surface area (Å²) in [4.78, 5) is 12.2. The number of hydrogen-bond acceptors (Lipinski definition) is 3. The van der Waals surface area contributed by atoms with Gasteiger partial charge >= 0.3 is 0 Å². The van der Waals surface area contributed by atoms with E-state index >= 15 is 0 Å². The average Bonchev–Trinajstić information content (AvgIpc) is 2.87. The Morgan fingerprint density at radius 1 is 1.45 bits per heavy atom. The van der Waals surface area contributed by atoms with Crippen LogP contribution >= 0.6 is 0 Å². The molecule has 1 fully saturated rings. The Bertz CT molecular complexity index is 469. The van der Waals surface area contributed by atoms with Crippen molar-refractivity contribution in [2.24, 2.45) is 0 Å². The highest BCUT2D eigenvalue weighted by molar-refractivity contribution is 5.85. The Labute approximate surface area is 117 Å². The van der Waals surface area contributed by atoms with Crippen LogP contribution in [0.4, 0.5) is 4.39 Å². The highest BCUT2D eigenvalue weighted by Crippen LogP contribution is 2.26. The van der Waals surface area contributed by atoms with Crippen LogP contribution in [0.3, 0.4) is 0 Å². The smallest absolute Gasteiger partial charge is 0.252 e. The number of ether oxygens (including phenoxy) is 1. The second kappa shape index (κ2) is 5.89. The van der Waals surface area contributed by atoms with Crippen molar-refractivity contribution in [2.75, 3.05) is 6.61 Å². The summed E-state index contributed by atoms with van der Waals surface area (Å²) in [5.74, 6) is -0.576. The third-order valence-corrected chi connectivity index (χ3v) is 3.74. The molecular formula is C15H20FNO3. The molecule has 5 heteroatoms. The number of halogens is 1. The van der Waals surface area contributed by atoms with Gasteiger partial charge in [-0.15, -0.1) is 0 Å². The second-order valence-corrected chi connectivity index (χ2v) is 5.44. The number of carbonyl (C=O) groups is 1. The lowest BCUT2D eigenvalue weighted by Crippen LogP contribution is -2.48. The van der Waals surface area contributed by atoms with Crippen molar-refractivity contribution in [1.82, 2.24) is 5.32 Å². The van der Waals surface area contributed by atoms with Crippen molar-refractivity contribution >= 4 is 5.91 Å². The first-order chi connectivity index (χ1) is 9.42. The summed E-state index contributed by atoms with van der Waals surface area (Å²) >= 11 is 0. The second-order valence-electron chi connectivity index (χ2n) is 5.44. The van der Waals surface area contributed by atoms with E-state index < -0.39 is 17.7 Å². The van der Waals surface area contributed by atoms with Gasteiger partial charge in [0.2, 0.25) is 0 Å². The first kappa shape index (κ1) is 14.9. The molecule has 110 valence electrons. The van der Waals surface area contributed by atoms with Crippen molar-refractivity contribution in [3.63, 3.8) is 0 Å². The Hall–Kier alpha value is -1.46. The molecule has 4 nitrogen and oxygen atoms in total. The lowest BCUT2D eigenvalue weighted by molar-refractivity contribution is -0.141. The van der Waals surface area contributed by atoms with Crippen LogP contribution in [0.25, 0.3) is 0 Å². The first-order valence-corrected chi connectivity index (χ1v) is 6.81. The van der Waals surface area contributed by atoms with Crippen LogP contribution in [0, 0.1) is 5.82 Å². The molecule has 1 aliphatic rings. The molecule has 1 aromatic carbocycles. The molecule has 0 bridgehead atoms. The monoisotopic (exact) mass is 281 g/mol. The van der Waals surface area contributed by atoms with Crippen LogP contribution in [-0.2, 0) is 9.53 Å². The Balaban J connectivity index is 1.98. The van der Waals surface area contributed by atoms with E-state index in [9.17, 15) is 14.3 Å². The van der Waals surface area contributed by atoms with Crippen LogP contribution in [0.5, 0.6) is 0 Å². The number of aliphatic hydroxyl groups excluding tert-OH is 1. The minimum atomic E-state index is -0.885. The molecule has 2 N–H and O–H groups in total. The predicted octanol–water partition coefficient (Wildman–Crippen LogP) is 1.93. The van der Waals surface area contributed by atoms with Crippen LogP contribution in [0.1, 0.15) is 38.4 Å². The van der Waals surface area contributed by atoms with Gasteiger partial charge in [0, 0.05) is 6.61 Å². The van der Waals surface area contributed by atoms with E-state index in [-0.39, 0.29) is 11.7 Å². The molecule has 0 aliphatic carbocycles. The molecule has 3 unspecified atom stereocenters. The van der Waals surface area contributed by atoms with Gasteiger partial charge < -0.3 is 15.2 Å². The Morgan fingerprint density at radius 3 is 2.65 bits per heavy atom. The van der Waals surface area contributed by atoms with Gasteiger partial charge in [0.05, 0.1) is 12.1 Å². The number of carbonyl (C=O) groups excluding carboxylic acids is 1. The standard InChI is InChI=1S/C15H20FNO3/c1-10(13(18)11-4-6-12(16)7-5-11)17-14(19)15(2)8-3-9-20-15/h4-7,10,13,18H,3,8-9H2,1-2H3,(H,17,19). The molecule has 3 atom stereocenters. The zero-order valence-electron chi connectivity index (χ0n) is 11.7. The number of benzene rings is 1. The number of aliphatic hydroxyl groups is 1. The zero-order chi connectivity index (χ0) is 14.8. The van der Waals surface area contributed by atoms with Crippen LogP contribution < -0.4 is 5.32 Å². The van der Waals surface area contributed by atoms with Gasteiger partial charge in [-0.2, -0.15) is 0 Å². The molecule has 0 saturated carbocycles. The van der Waals surface area contributed by atoms with E-state index in [1.165, 1.54) is 24.3 Å². The fourth-order valence-corrected chi connectivity index (χ4v) is 2.35. The van der Waals surface area contributed by atoms with Gasteiger partial charge in [-0.1, -0.05) is 12.1 Å². The molecule has 0 radical (unpaired) electrons. The zero-order valence-corrected chi connectivity index (χ0v) is 11.7. The number of amides is 1. The van der Waals surface area contributed by atoms with Crippen molar-refractivity contribution in [1.29, 1.82) is 0 Å². The molecule has 1 aromatic rings. The molecule has 2 rings (SSSR count). The van der Waals surface area contributed by atoms with Crippen LogP contribution in [0.15, 0.2) is 24.3 Å². The van der Waals surface area contributed by atoms with E-state index in [4.69, 9.17) is 4.74 Å². The quantitative estimate of drug-likeness (QED) is 0.886. The van der Waals surface area contributed by atoms with E-state index in [0.717, 1.165) is 6.42 Å². The Kier molecular flexibility index (Phi) is 4.40. The highest BCUT2D eigenvalue weighted by Gasteiger charge is 2.38. The predicted molar refractivity (Wildman–Crippen MR) is 72.6 cm³/mol. The summed E-state index contributed by atoms with van der Waals surface area (Å²) < 4.78 is 18.3. The van der Waals surface area contributed by atoms with Gasteiger partial charge in [-0.3, -0.25) is 4.79 Å². The first-order valence-electron chi connectivity index (χ1n) is 6.81. The lowest BCUT2D eigenvalue weighted by Gasteiger charge is -2.27. The van der Waals surface area contributed by atoms with Gasteiger partial charge in [-0.05, 0) is 44.4 Å². The van der Waals surface area contributed by atoms with E-state index in [2.05, 4.69) is 5.32 Å².